The summed E-state index contributed by atoms with van der Waals surface area (Å²) in [6.07, 6.45) is 0.0819. The highest BCUT2D eigenvalue weighted by molar-refractivity contribution is 7.89. The molecule has 1 atom stereocenters. The number of phenolic OH excluding ortho intramolecular Hbond substituents is 1. The van der Waals surface area contributed by atoms with Crippen molar-refractivity contribution in [1.29, 1.82) is 0 Å². The maximum absolute atomic E-state index is 13.6. The fourth-order valence-corrected chi connectivity index (χ4v) is 5.11. The van der Waals surface area contributed by atoms with Gasteiger partial charge in [-0.3, -0.25) is 4.79 Å². The van der Waals surface area contributed by atoms with Crippen molar-refractivity contribution in [3.8, 4) is 5.75 Å². The van der Waals surface area contributed by atoms with Crippen LogP contribution in [0.25, 0.3) is 0 Å². The van der Waals surface area contributed by atoms with Gasteiger partial charge < -0.3 is 10.4 Å². The zero-order valence-electron chi connectivity index (χ0n) is 16.1. The molecule has 3 aromatic rings. The van der Waals surface area contributed by atoms with Crippen LogP contribution in [0.2, 0.25) is 0 Å². The minimum Gasteiger partial charge on any atom is -0.506 e. The van der Waals surface area contributed by atoms with Gasteiger partial charge in [-0.1, -0.05) is 24.3 Å². The second-order valence-corrected chi connectivity index (χ2v) is 9.03. The number of halogens is 2. The van der Waals surface area contributed by atoms with E-state index in [0.717, 1.165) is 57.9 Å². The molecule has 0 fully saturated rings. The van der Waals surface area contributed by atoms with Crippen molar-refractivity contribution in [2.24, 2.45) is 0 Å². The van der Waals surface area contributed by atoms with Gasteiger partial charge in [-0.15, -0.1) is 0 Å². The molecule has 0 unspecified atom stereocenters. The first-order chi connectivity index (χ1) is 14.8. The number of nitrogens with one attached hydrogen (secondary N) is 1. The molecule has 9 heteroatoms. The third-order valence-electron chi connectivity index (χ3n) is 5.14. The molecule has 0 saturated heterocycles. The zero-order chi connectivity index (χ0) is 22.2. The van der Waals surface area contributed by atoms with Crippen LogP contribution in [0.15, 0.2) is 71.6 Å². The van der Waals surface area contributed by atoms with Crippen LogP contribution >= 0.6 is 0 Å². The molecule has 0 radical (unpaired) electrons. The van der Waals surface area contributed by atoms with Crippen molar-refractivity contribution in [2.75, 3.05) is 5.32 Å². The molecule has 1 aliphatic heterocycles. The molecule has 0 bridgehead atoms. The van der Waals surface area contributed by atoms with Crippen LogP contribution in [-0.4, -0.2) is 29.8 Å². The molecule has 0 aromatic heterocycles. The summed E-state index contributed by atoms with van der Waals surface area (Å²) in [6, 6.07) is 13.4. The first-order valence-corrected chi connectivity index (χ1v) is 10.8. The number of anilines is 1. The van der Waals surface area contributed by atoms with E-state index in [1.165, 1.54) is 0 Å². The third-order valence-corrected chi connectivity index (χ3v) is 7.01. The van der Waals surface area contributed by atoms with Crippen molar-refractivity contribution < 1.29 is 27.1 Å². The monoisotopic (exact) mass is 444 g/mol. The van der Waals surface area contributed by atoms with Gasteiger partial charge in [0.25, 0.3) is 0 Å². The molecule has 31 heavy (non-hydrogen) atoms. The fraction of sp³-hybridized carbons (Fsp3) is 0.136. The fourth-order valence-electron chi connectivity index (χ4n) is 3.54. The zero-order valence-corrected chi connectivity index (χ0v) is 16.9. The first kappa shape index (κ1) is 21.0. The van der Waals surface area contributed by atoms with Gasteiger partial charge in [0, 0.05) is 12.6 Å². The van der Waals surface area contributed by atoms with Crippen molar-refractivity contribution >= 4 is 21.6 Å². The number of sulfonamides is 1. The molecule has 0 saturated carbocycles. The number of rotatable bonds is 4. The third kappa shape index (κ3) is 4.14. The van der Waals surface area contributed by atoms with E-state index in [9.17, 15) is 27.1 Å². The van der Waals surface area contributed by atoms with E-state index >= 15 is 0 Å². The Kier molecular flexibility index (Phi) is 5.47. The molecule has 160 valence electrons. The van der Waals surface area contributed by atoms with Crippen molar-refractivity contribution in [3.63, 3.8) is 0 Å². The molecular weight excluding hydrogens is 426 g/mol. The lowest BCUT2D eigenvalue weighted by Crippen LogP contribution is -2.50. The van der Waals surface area contributed by atoms with E-state index in [2.05, 4.69) is 5.32 Å². The number of amides is 1. The lowest BCUT2D eigenvalue weighted by molar-refractivity contribution is -0.120. The Morgan fingerprint density at radius 1 is 0.968 bits per heavy atom. The summed E-state index contributed by atoms with van der Waals surface area (Å²) in [5.74, 6) is -2.32. The Bertz CT molecular complexity index is 1250. The summed E-state index contributed by atoms with van der Waals surface area (Å²) in [6.45, 7) is -0.0664. The van der Waals surface area contributed by atoms with Crippen LogP contribution in [0.4, 0.5) is 14.5 Å². The molecule has 1 heterocycles. The molecule has 2 N–H and O–H groups in total. The topological polar surface area (TPSA) is 86.7 Å². The lowest BCUT2D eigenvalue weighted by Gasteiger charge is -2.35. The van der Waals surface area contributed by atoms with Crippen LogP contribution in [0.5, 0.6) is 5.75 Å². The Hall–Kier alpha value is -3.30. The van der Waals surface area contributed by atoms with Gasteiger partial charge >= 0.3 is 0 Å². The number of hydrogen-bond acceptors (Lipinski definition) is 4. The number of fused-ring (bicyclic) bond motifs is 1. The number of aromatic hydroxyl groups is 1. The van der Waals surface area contributed by atoms with Gasteiger partial charge in [0.05, 0.1) is 10.6 Å². The Labute approximate surface area is 177 Å². The van der Waals surface area contributed by atoms with E-state index in [1.807, 2.05) is 0 Å². The molecule has 1 amide bonds. The quantitative estimate of drug-likeness (QED) is 0.604. The summed E-state index contributed by atoms with van der Waals surface area (Å²) < 4.78 is 54.5. The van der Waals surface area contributed by atoms with E-state index < -0.39 is 33.6 Å². The highest BCUT2D eigenvalue weighted by Gasteiger charge is 2.39. The predicted octanol–water partition coefficient (Wildman–Crippen LogP) is 3.42. The molecule has 1 aliphatic rings. The van der Waals surface area contributed by atoms with Crippen LogP contribution in [0.3, 0.4) is 0 Å². The highest BCUT2D eigenvalue weighted by Crippen LogP contribution is 2.31. The van der Waals surface area contributed by atoms with E-state index in [-0.39, 0.29) is 29.3 Å². The normalized spacial score (nSPS) is 16.5. The van der Waals surface area contributed by atoms with Gasteiger partial charge in [0.1, 0.15) is 23.4 Å². The average Bonchev–Trinajstić information content (AvgIpc) is 2.75. The van der Waals surface area contributed by atoms with Gasteiger partial charge in [0.15, 0.2) is 0 Å². The Morgan fingerprint density at radius 2 is 1.61 bits per heavy atom. The van der Waals surface area contributed by atoms with Gasteiger partial charge in [-0.25, -0.2) is 17.2 Å². The summed E-state index contributed by atoms with van der Waals surface area (Å²) in [7, 11) is -4.16. The summed E-state index contributed by atoms with van der Waals surface area (Å²) in [4.78, 5) is 12.9. The summed E-state index contributed by atoms with van der Waals surface area (Å²) in [5, 5.41) is 12.3. The largest absolute Gasteiger partial charge is 0.506 e. The van der Waals surface area contributed by atoms with Crippen molar-refractivity contribution in [3.05, 3.63) is 89.5 Å². The highest BCUT2D eigenvalue weighted by atomic mass is 32.2. The Balaban J connectivity index is 1.73. The minimum atomic E-state index is -4.16. The SMILES string of the molecule is O=C(Nc1cc(F)ccc1O)[C@@H]1Cc2ccccc2CN1S(=O)(=O)c1ccc(F)cc1. The van der Waals surface area contributed by atoms with Gasteiger partial charge in [-0.05, 0) is 53.9 Å². The lowest BCUT2D eigenvalue weighted by atomic mass is 9.95. The summed E-state index contributed by atoms with van der Waals surface area (Å²) >= 11 is 0. The number of carbonyl (C=O) groups excluding carboxylic acids is 1. The molecule has 4 rings (SSSR count). The number of hydrogen-bond donors (Lipinski definition) is 2. The maximum Gasteiger partial charge on any atom is 0.244 e. The standard InChI is InChI=1S/C22H18F2N2O4S/c23-16-5-8-18(9-6-16)31(29,30)26-13-15-4-2-1-3-14(15)11-20(26)22(28)25-19-12-17(24)7-10-21(19)27/h1-10,12,20,27H,11,13H2,(H,25,28)/t20-/m0/s1. The number of phenols is 1. The number of nitrogens with zero attached hydrogens (tertiary/aromatic N) is 1. The van der Waals surface area contributed by atoms with Gasteiger partial charge in [0.2, 0.25) is 15.9 Å². The smallest absolute Gasteiger partial charge is 0.244 e. The predicted molar refractivity (Wildman–Crippen MR) is 110 cm³/mol. The molecule has 0 spiro atoms. The molecule has 3 aromatic carbocycles. The summed E-state index contributed by atoms with van der Waals surface area (Å²) in [5.41, 5.74) is 1.38. The van der Waals surface area contributed by atoms with Gasteiger partial charge in [-0.2, -0.15) is 4.31 Å². The number of benzene rings is 3. The minimum absolute atomic E-state index is 0.0664. The second kappa shape index (κ2) is 8.09. The van der Waals surface area contributed by atoms with E-state index in [0.29, 0.717) is 0 Å². The van der Waals surface area contributed by atoms with Crippen LogP contribution < -0.4 is 5.32 Å². The number of carbonyl (C=O) groups is 1. The Morgan fingerprint density at radius 3 is 2.32 bits per heavy atom. The van der Waals surface area contributed by atoms with E-state index in [4.69, 9.17) is 0 Å². The van der Waals surface area contributed by atoms with Crippen molar-refractivity contribution in [2.45, 2.75) is 23.9 Å². The maximum atomic E-state index is 13.6. The van der Waals surface area contributed by atoms with Crippen LogP contribution in [0, 0.1) is 11.6 Å². The average molecular weight is 444 g/mol. The van der Waals surface area contributed by atoms with Crippen LogP contribution in [-0.2, 0) is 27.8 Å². The van der Waals surface area contributed by atoms with Crippen molar-refractivity contribution in [1.82, 2.24) is 4.31 Å². The second-order valence-electron chi connectivity index (χ2n) is 7.14. The van der Waals surface area contributed by atoms with E-state index in [1.54, 1.807) is 24.3 Å². The molecule has 6 nitrogen and oxygen atoms in total. The first-order valence-electron chi connectivity index (χ1n) is 9.39. The molecular formula is C22H18F2N2O4S. The van der Waals surface area contributed by atoms with Crippen LogP contribution in [0.1, 0.15) is 11.1 Å². The molecule has 0 aliphatic carbocycles.